The van der Waals surface area contributed by atoms with E-state index in [0.717, 1.165) is 22.5 Å². The first-order valence-corrected chi connectivity index (χ1v) is 6.64. The summed E-state index contributed by atoms with van der Waals surface area (Å²) in [5.41, 5.74) is 4.58. The standard InChI is InChI=1S/C17H21N3.ClH/c1-19(2)15-11-7-5-9-13(15)17(18)14-10-6-8-12-16(14)20(3)4;/h5-12,18H,1-4H3;1H. The summed E-state index contributed by atoms with van der Waals surface area (Å²) >= 11 is 0. The third-order valence-electron chi connectivity index (χ3n) is 3.31. The van der Waals surface area contributed by atoms with E-state index in [2.05, 4.69) is 0 Å². The van der Waals surface area contributed by atoms with Crippen LogP contribution in [0.2, 0.25) is 0 Å². The second-order valence-corrected chi connectivity index (χ2v) is 5.20. The van der Waals surface area contributed by atoms with Crippen molar-refractivity contribution >= 4 is 29.5 Å². The monoisotopic (exact) mass is 303 g/mol. The molecular weight excluding hydrogens is 282 g/mol. The van der Waals surface area contributed by atoms with E-state index in [4.69, 9.17) is 5.41 Å². The number of anilines is 2. The smallest absolute Gasteiger partial charge is 0.0726 e. The van der Waals surface area contributed by atoms with Crippen LogP contribution in [0, 0.1) is 5.41 Å². The van der Waals surface area contributed by atoms with Crippen molar-refractivity contribution in [3.05, 3.63) is 59.7 Å². The van der Waals surface area contributed by atoms with Crippen LogP contribution in [0.4, 0.5) is 11.4 Å². The Hall–Kier alpha value is -2.00. The Morgan fingerprint density at radius 2 is 1.05 bits per heavy atom. The summed E-state index contributed by atoms with van der Waals surface area (Å²) < 4.78 is 0. The predicted octanol–water partition coefficient (Wildman–Crippen LogP) is 3.66. The number of para-hydroxylation sites is 2. The van der Waals surface area contributed by atoms with Crippen LogP contribution < -0.4 is 9.80 Å². The van der Waals surface area contributed by atoms with Crippen LogP contribution in [0.1, 0.15) is 11.1 Å². The fourth-order valence-electron chi connectivity index (χ4n) is 2.30. The van der Waals surface area contributed by atoms with Gasteiger partial charge < -0.3 is 9.80 Å². The lowest BCUT2D eigenvalue weighted by atomic mass is 9.98. The van der Waals surface area contributed by atoms with Crippen molar-refractivity contribution in [2.75, 3.05) is 38.0 Å². The van der Waals surface area contributed by atoms with Gasteiger partial charge in [0.05, 0.1) is 5.71 Å². The van der Waals surface area contributed by atoms with Crippen LogP contribution in [0.15, 0.2) is 48.5 Å². The van der Waals surface area contributed by atoms with Gasteiger partial charge in [0.2, 0.25) is 0 Å². The second-order valence-electron chi connectivity index (χ2n) is 5.20. The van der Waals surface area contributed by atoms with Crippen molar-refractivity contribution in [1.29, 1.82) is 5.41 Å². The second kappa shape index (κ2) is 7.14. The minimum absolute atomic E-state index is 0. The first-order chi connectivity index (χ1) is 9.52. The van der Waals surface area contributed by atoms with Crippen molar-refractivity contribution in [3.8, 4) is 0 Å². The van der Waals surface area contributed by atoms with Gasteiger partial charge >= 0.3 is 0 Å². The largest absolute Gasteiger partial charge is 0.377 e. The molecule has 0 aliphatic carbocycles. The van der Waals surface area contributed by atoms with E-state index in [9.17, 15) is 0 Å². The van der Waals surface area contributed by atoms with Gasteiger partial charge in [-0.05, 0) is 12.1 Å². The molecule has 2 aromatic rings. The molecule has 0 radical (unpaired) electrons. The van der Waals surface area contributed by atoms with E-state index in [1.807, 2.05) is 86.5 Å². The zero-order valence-electron chi connectivity index (χ0n) is 12.9. The van der Waals surface area contributed by atoms with Crippen molar-refractivity contribution in [3.63, 3.8) is 0 Å². The van der Waals surface area contributed by atoms with E-state index in [1.165, 1.54) is 0 Å². The number of rotatable bonds is 4. The molecule has 0 spiro atoms. The summed E-state index contributed by atoms with van der Waals surface area (Å²) in [7, 11) is 8.02. The third kappa shape index (κ3) is 3.56. The lowest BCUT2D eigenvalue weighted by Crippen LogP contribution is -2.17. The molecule has 4 heteroatoms. The molecule has 0 aliphatic heterocycles. The molecule has 0 amide bonds. The Morgan fingerprint density at radius 3 is 1.38 bits per heavy atom. The topological polar surface area (TPSA) is 30.3 Å². The van der Waals surface area contributed by atoms with Crippen molar-refractivity contribution in [2.45, 2.75) is 0 Å². The molecular formula is C17H22ClN3. The van der Waals surface area contributed by atoms with Crippen LogP contribution in [0.3, 0.4) is 0 Å². The Morgan fingerprint density at radius 1 is 0.714 bits per heavy atom. The van der Waals surface area contributed by atoms with Crippen LogP contribution in [0.25, 0.3) is 0 Å². The maximum absolute atomic E-state index is 8.59. The maximum Gasteiger partial charge on any atom is 0.0726 e. The molecule has 112 valence electrons. The zero-order valence-corrected chi connectivity index (χ0v) is 13.7. The molecule has 0 saturated heterocycles. The average Bonchev–Trinajstić information content (AvgIpc) is 2.46. The summed E-state index contributed by atoms with van der Waals surface area (Å²) in [6, 6.07) is 16.1. The number of hydrogen-bond acceptors (Lipinski definition) is 3. The van der Waals surface area contributed by atoms with E-state index in [-0.39, 0.29) is 12.4 Å². The van der Waals surface area contributed by atoms with Crippen LogP contribution >= 0.6 is 12.4 Å². The van der Waals surface area contributed by atoms with Crippen LogP contribution in [-0.4, -0.2) is 33.9 Å². The third-order valence-corrected chi connectivity index (χ3v) is 3.31. The SMILES string of the molecule is CN(C)c1ccccc1C(=N)c1ccccc1N(C)C.Cl. The van der Waals surface area contributed by atoms with Gasteiger partial charge in [-0.3, -0.25) is 5.41 Å². The summed E-state index contributed by atoms with van der Waals surface area (Å²) in [6.45, 7) is 0. The van der Waals surface area contributed by atoms with Gasteiger partial charge in [0, 0.05) is 50.7 Å². The number of hydrogen-bond donors (Lipinski definition) is 1. The van der Waals surface area contributed by atoms with Gasteiger partial charge in [0.15, 0.2) is 0 Å². The van der Waals surface area contributed by atoms with Crippen LogP contribution in [0.5, 0.6) is 0 Å². The van der Waals surface area contributed by atoms with E-state index in [0.29, 0.717) is 5.71 Å². The molecule has 0 unspecified atom stereocenters. The Kier molecular flexibility index (Phi) is 5.79. The Balaban J connectivity index is 0.00000220. The van der Waals surface area contributed by atoms with Gasteiger partial charge in [-0.2, -0.15) is 0 Å². The molecule has 0 bridgehead atoms. The van der Waals surface area contributed by atoms with Gasteiger partial charge in [0.1, 0.15) is 0 Å². The molecule has 0 saturated carbocycles. The highest BCUT2D eigenvalue weighted by molar-refractivity contribution is 6.16. The number of benzene rings is 2. The number of nitrogens with zero attached hydrogens (tertiary/aromatic N) is 2. The maximum atomic E-state index is 8.59. The minimum atomic E-state index is 0. The highest BCUT2D eigenvalue weighted by atomic mass is 35.5. The number of nitrogens with one attached hydrogen (secondary N) is 1. The van der Waals surface area contributed by atoms with Crippen molar-refractivity contribution < 1.29 is 0 Å². The van der Waals surface area contributed by atoms with Crippen LogP contribution in [-0.2, 0) is 0 Å². The molecule has 0 aliphatic rings. The van der Waals surface area contributed by atoms with Crippen molar-refractivity contribution in [1.82, 2.24) is 0 Å². The molecule has 0 heterocycles. The van der Waals surface area contributed by atoms with E-state index >= 15 is 0 Å². The lowest BCUT2D eigenvalue weighted by molar-refractivity contribution is 1.12. The Bertz CT molecular complexity index is 567. The van der Waals surface area contributed by atoms with E-state index in [1.54, 1.807) is 0 Å². The summed E-state index contributed by atoms with van der Waals surface area (Å²) in [6.07, 6.45) is 0. The normalized spacial score (nSPS) is 9.71. The first kappa shape index (κ1) is 17.1. The lowest BCUT2D eigenvalue weighted by Gasteiger charge is -2.21. The molecule has 3 nitrogen and oxygen atoms in total. The Labute approximate surface area is 133 Å². The van der Waals surface area contributed by atoms with Gasteiger partial charge in [0.25, 0.3) is 0 Å². The number of halogens is 1. The highest BCUT2D eigenvalue weighted by Gasteiger charge is 2.14. The van der Waals surface area contributed by atoms with Gasteiger partial charge in [-0.15, -0.1) is 12.4 Å². The summed E-state index contributed by atoms with van der Waals surface area (Å²) in [5, 5.41) is 8.59. The highest BCUT2D eigenvalue weighted by Crippen LogP contribution is 2.26. The summed E-state index contributed by atoms with van der Waals surface area (Å²) in [4.78, 5) is 4.09. The van der Waals surface area contributed by atoms with Crippen molar-refractivity contribution in [2.24, 2.45) is 0 Å². The first-order valence-electron chi connectivity index (χ1n) is 6.64. The molecule has 0 fully saturated rings. The molecule has 0 atom stereocenters. The quantitative estimate of drug-likeness (QED) is 0.874. The fraction of sp³-hybridized carbons (Fsp3) is 0.235. The fourth-order valence-corrected chi connectivity index (χ4v) is 2.30. The molecule has 2 rings (SSSR count). The zero-order chi connectivity index (χ0) is 14.7. The molecule has 21 heavy (non-hydrogen) atoms. The van der Waals surface area contributed by atoms with Gasteiger partial charge in [-0.1, -0.05) is 36.4 Å². The van der Waals surface area contributed by atoms with Gasteiger partial charge in [-0.25, -0.2) is 0 Å². The summed E-state index contributed by atoms with van der Waals surface area (Å²) in [5.74, 6) is 0. The molecule has 1 N–H and O–H groups in total. The average molecular weight is 304 g/mol. The molecule has 0 aromatic heterocycles. The molecule has 2 aromatic carbocycles. The minimum Gasteiger partial charge on any atom is -0.377 e. The predicted molar refractivity (Wildman–Crippen MR) is 94.7 cm³/mol. The van der Waals surface area contributed by atoms with E-state index < -0.39 is 0 Å².